The van der Waals surface area contributed by atoms with Gasteiger partial charge in [-0.3, -0.25) is 4.79 Å². The first-order chi connectivity index (χ1) is 6.88. The third kappa shape index (κ3) is 1.04. The molecule has 2 atom stereocenters. The molecular formula is C12H15NO. The molecule has 0 radical (unpaired) electrons. The van der Waals surface area contributed by atoms with Crippen molar-refractivity contribution in [3.8, 4) is 0 Å². The predicted molar refractivity (Wildman–Crippen MR) is 54.9 cm³/mol. The van der Waals surface area contributed by atoms with E-state index in [-0.39, 0.29) is 11.8 Å². The monoisotopic (exact) mass is 189 g/mol. The Hall–Kier alpha value is -0.890. The van der Waals surface area contributed by atoms with E-state index in [0.29, 0.717) is 5.78 Å². The average molecular weight is 189 g/mol. The summed E-state index contributed by atoms with van der Waals surface area (Å²) in [6, 6.07) is 0. The standard InChI is InChI=1S/C12H15NO/c14-12-9-4-2-1-3-8(9)11-7-13-6-5-10(11)12/h1,3,9-10,13H,2,4-7H2. The number of nitrogens with one attached hydrogen (secondary N) is 1. The van der Waals surface area contributed by atoms with Gasteiger partial charge in [0.1, 0.15) is 5.78 Å². The summed E-state index contributed by atoms with van der Waals surface area (Å²) in [4.78, 5) is 12.1. The summed E-state index contributed by atoms with van der Waals surface area (Å²) in [5.74, 6) is 1.01. The molecule has 2 unspecified atom stereocenters. The Morgan fingerprint density at radius 3 is 3.14 bits per heavy atom. The lowest BCUT2D eigenvalue weighted by molar-refractivity contribution is -0.123. The molecule has 1 saturated heterocycles. The van der Waals surface area contributed by atoms with Gasteiger partial charge in [-0.1, -0.05) is 12.2 Å². The van der Waals surface area contributed by atoms with Crippen LogP contribution in [0.4, 0.5) is 0 Å². The molecule has 0 aromatic rings. The van der Waals surface area contributed by atoms with Crippen LogP contribution in [0.3, 0.4) is 0 Å². The van der Waals surface area contributed by atoms with Gasteiger partial charge in [0.05, 0.1) is 0 Å². The van der Waals surface area contributed by atoms with E-state index in [1.807, 2.05) is 0 Å². The Morgan fingerprint density at radius 2 is 2.21 bits per heavy atom. The van der Waals surface area contributed by atoms with Crippen LogP contribution in [0.15, 0.2) is 23.3 Å². The van der Waals surface area contributed by atoms with E-state index in [9.17, 15) is 4.79 Å². The van der Waals surface area contributed by atoms with E-state index in [1.165, 1.54) is 11.1 Å². The number of hydrogen-bond donors (Lipinski definition) is 1. The van der Waals surface area contributed by atoms with Crippen LogP contribution in [0.5, 0.6) is 0 Å². The minimum absolute atomic E-state index is 0.250. The van der Waals surface area contributed by atoms with Crippen molar-refractivity contribution in [2.45, 2.75) is 19.3 Å². The van der Waals surface area contributed by atoms with Gasteiger partial charge >= 0.3 is 0 Å². The number of fused-ring (bicyclic) bond motifs is 2. The second-order valence-electron chi connectivity index (χ2n) is 4.43. The van der Waals surface area contributed by atoms with Crippen molar-refractivity contribution < 1.29 is 4.79 Å². The third-order valence-electron chi connectivity index (χ3n) is 3.70. The molecule has 1 N–H and O–H groups in total. The van der Waals surface area contributed by atoms with Crippen molar-refractivity contribution in [2.75, 3.05) is 13.1 Å². The predicted octanol–water partition coefficient (Wildman–Crippen LogP) is 1.44. The van der Waals surface area contributed by atoms with Crippen LogP contribution >= 0.6 is 0 Å². The molecule has 2 nitrogen and oxygen atoms in total. The van der Waals surface area contributed by atoms with Crippen LogP contribution in [-0.4, -0.2) is 18.9 Å². The fourth-order valence-electron chi connectivity index (χ4n) is 3.00. The third-order valence-corrected chi connectivity index (χ3v) is 3.70. The number of piperidine rings is 1. The highest BCUT2D eigenvalue weighted by molar-refractivity contribution is 5.93. The van der Waals surface area contributed by atoms with Crippen LogP contribution in [0.2, 0.25) is 0 Å². The SMILES string of the molecule is O=C1C2CCC=CC2=C2CNCCC12. The van der Waals surface area contributed by atoms with E-state index >= 15 is 0 Å². The van der Waals surface area contributed by atoms with Crippen LogP contribution in [0.25, 0.3) is 0 Å². The Kier molecular flexibility index (Phi) is 1.84. The molecule has 14 heavy (non-hydrogen) atoms. The lowest BCUT2D eigenvalue weighted by atomic mass is 9.88. The van der Waals surface area contributed by atoms with Gasteiger partial charge in [-0.05, 0) is 37.0 Å². The Morgan fingerprint density at radius 1 is 1.29 bits per heavy atom. The molecule has 0 saturated carbocycles. The first-order valence-corrected chi connectivity index (χ1v) is 5.52. The van der Waals surface area contributed by atoms with E-state index in [4.69, 9.17) is 0 Å². The minimum Gasteiger partial charge on any atom is -0.313 e. The van der Waals surface area contributed by atoms with E-state index < -0.39 is 0 Å². The molecule has 0 bridgehead atoms. The number of hydrogen-bond acceptors (Lipinski definition) is 2. The minimum atomic E-state index is 0.250. The largest absolute Gasteiger partial charge is 0.313 e. The summed E-state index contributed by atoms with van der Waals surface area (Å²) in [5, 5.41) is 3.37. The van der Waals surface area contributed by atoms with E-state index in [0.717, 1.165) is 32.4 Å². The van der Waals surface area contributed by atoms with Crippen molar-refractivity contribution >= 4 is 5.78 Å². The van der Waals surface area contributed by atoms with E-state index in [1.54, 1.807) is 0 Å². The molecule has 2 aliphatic carbocycles. The van der Waals surface area contributed by atoms with Crippen molar-refractivity contribution in [3.63, 3.8) is 0 Å². The Bertz CT molecular complexity index is 340. The summed E-state index contributed by atoms with van der Waals surface area (Å²) < 4.78 is 0. The molecule has 1 heterocycles. The number of rotatable bonds is 0. The molecule has 1 fully saturated rings. The lowest BCUT2D eigenvalue weighted by Gasteiger charge is -2.20. The van der Waals surface area contributed by atoms with Gasteiger partial charge in [-0.25, -0.2) is 0 Å². The first kappa shape index (κ1) is 8.42. The average Bonchev–Trinajstić information content (AvgIpc) is 2.55. The fourth-order valence-corrected chi connectivity index (χ4v) is 3.00. The maximum Gasteiger partial charge on any atom is 0.147 e. The molecule has 1 aliphatic heterocycles. The van der Waals surface area contributed by atoms with Crippen LogP contribution in [0.1, 0.15) is 19.3 Å². The smallest absolute Gasteiger partial charge is 0.147 e. The summed E-state index contributed by atoms with van der Waals surface area (Å²) >= 11 is 0. The first-order valence-electron chi connectivity index (χ1n) is 5.52. The molecular weight excluding hydrogens is 174 g/mol. The fraction of sp³-hybridized carbons (Fsp3) is 0.583. The number of ketones is 1. The number of carbonyl (C=O) groups is 1. The van der Waals surface area contributed by atoms with Crippen molar-refractivity contribution in [1.29, 1.82) is 0 Å². The molecule has 0 spiro atoms. The summed E-state index contributed by atoms with van der Waals surface area (Å²) in [6.45, 7) is 1.94. The Balaban J connectivity index is 2.05. The topological polar surface area (TPSA) is 29.1 Å². The van der Waals surface area contributed by atoms with Crippen molar-refractivity contribution in [3.05, 3.63) is 23.3 Å². The second-order valence-corrected chi connectivity index (χ2v) is 4.43. The number of allylic oxidation sites excluding steroid dienone is 3. The molecule has 3 aliphatic rings. The molecule has 0 aromatic heterocycles. The second kappa shape index (κ2) is 3.06. The van der Waals surface area contributed by atoms with Gasteiger partial charge in [0.15, 0.2) is 0 Å². The molecule has 0 amide bonds. The van der Waals surface area contributed by atoms with Gasteiger partial charge in [-0.2, -0.15) is 0 Å². The summed E-state index contributed by atoms with van der Waals surface area (Å²) in [6.07, 6.45) is 7.54. The normalized spacial score (nSPS) is 35.9. The van der Waals surface area contributed by atoms with Gasteiger partial charge < -0.3 is 5.32 Å². The Labute approximate surface area is 84.1 Å². The zero-order valence-electron chi connectivity index (χ0n) is 8.25. The maximum absolute atomic E-state index is 12.1. The molecule has 74 valence electrons. The van der Waals surface area contributed by atoms with Gasteiger partial charge in [0.25, 0.3) is 0 Å². The highest BCUT2D eigenvalue weighted by Crippen LogP contribution is 2.41. The van der Waals surface area contributed by atoms with Gasteiger partial charge in [0.2, 0.25) is 0 Å². The number of carbonyl (C=O) groups excluding carboxylic acids is 1. The van der Waals surface area contributed by atoms with Crippen LogP contribution < -0.4 is 5.32 Å². The van der Waals surface area contributed by atoms with Crippen molar-refractivity contribution in [1.82, 2.24) is 5.32 Å². The molecule has 2 heteroatoms. The quantitative estimate of drug-likeness (QED) is 0.624. The highest BCUT2D eigenvalue weighted by Gasteiger charge is 2.41. The number of Topliss-reactive ketones (excluding diaryl/α,β-unsaturated/α-hetero) is 1. The van der Waals surface area contributed by atoms with Crippen LogP contribution in [-0.2, 0) is 4.79 Å². The summed E-state index contributed by atoms with van der Waals surface area (Å²) in [5.41, 5.74) is 2.74. The zero-order valence-corrected chi connectivity index (χ0v) is 8.25. The van der Waals surface area contributed by atoms with Gasteiger partial charge in [0, 0.05) is 18.4 Å². The van der Waals surface area contributed by atoms with Gasteiger partial charge in [-0.15, -0.1) is 0 Å². The van der Waals surface area contributed by atoms with Crippen molar-refractivity contribution in [2.24, 2.45) is 11.8 Å². The highest BCUT2D eigenvalue weighted by atomic mass is 16.1. The molecule has 3 rings (SSSR count). The van der Waals surface area contributed by atoms with Crippen LogP contribution in [0, 0.1) is 11.8 Å². The zero-order chi connectivity index (χ0) is 9.54. The maximum atomic E-state index is 12.1. The molecule has 0 aromatic carbocycles. The lowest BCUT2D eigenvalue weighted by Crippen LogP contribution is -2.32. The summed E-state index contributed by atoms with van der Waals surface area (Å²) in [7, 11) is 0. The van der Waals surface area contributed by atoms with E-state index in [2.05, 4.69) is 17.5 Å².